The van der Waals surface area contributed by atoms with Gasteiger partial charge in [-0.25, -0.2) is 0 Å². The summed E-state index contributed by atoms with van der Waals surface area (Å²) in [4.78, 5) is 2.33. The number of aryl methyl sites for hydroxylation is 5. The van der Waals surface area contributed by atoms with Crippen molar-refractivity contribution in [2.75, 3.05) is 4.90 Å². The van der Waals surface area contributed by atoms with Gasteiger partial charge in [0.2, 0.25) is 0 Å². The van der Waals surface area contributed by atoms with Crippen LogP contribution in [0.3, 0.4) is 0 Å². The van der Waals surface area contributed by atoms with Crippen molar-refractivity contribution in [3.8, 4) is 5.69 Å². The molecule has 0 aliphatic rings. The van der Waals surface area contributed by atoms with E-state index in [0.29, 0.717) is 0 Å². The molecule has 0 fully saturated rings. The first-order valence-electron chi connectivity index (χ1n) is 15.5. The lowest BCUT2D eigenvalue weighted by Gasteiger charge is -2.26. The number of rotatable bonds is 6. The molecule has 1 heterocycles. The van der Waals surface area contributed by atoms with Crippen LogP contribution in [0.1, 0.15) is 38.9 Å². The summed E-state index contributed by atoms with van der Waals surface area (Å²) < 4.78 is 2.43. The molecule has 0 aliphatic carbocycles. The van der Waals surface area contributed by atoms with E-state index in [9.17, 15) is 0 Å². The van der Waals surface area contributed by atoms with E-state index >= 15 is 0 Å². The second kappa shape index (κ2) is 11.2. The number of hydrogen-bond acceptors (Lipinski definition) is 1. The van der Waals surface area contributed by atoms with Crippen molar-refractivity contribution in [2.45, 2.75) is 41.0 Å². The topological polar surface area (TPSA) is 8.17 Å². The molecule has 0 bridgehead atoms. The van der Waals surface area contributed by atoms with Crippen molar-refractivity contribution < 1.29 is 0 Å². The van der Waals surface area contributed by atoms with Crippen LogP contribution >= 0.6 is 0 Å². The van der Waals surface area contributed by atoms with E-state index in [1.807, 2.05) is 0 Å². The van der Waals surface area contributed by atoms with Crippen molar-refractivity contribution in [3.63, 3.8) is 0 Å². The van der Waals surface area contributed by atoms with Crippen LogP contribution in [-0.2, 0) is 6.42 Å². The van der Waals surface area contributed by atoms with Gasteiger partial charge in [-0.1, -0.05) is 82.9 Å². The summed E-state index contributed by atoms with van der Waals surface area (Å²) >= 11 is 0. The third kappa shape index (κ3) is 5.18. The highest BCUT2D eigenvalue weighted by molar-refractivity contribution is 6.09. The molecule has 2 heteroatoms. The second-order valence-electron chi connectivity index (χ2n) is 12.3. The van der Waals surface area contributed by atoms with Crippen LogP contribution in [0.2, 0.25) is 0 Å². The molecule has 0 saturated heterocycles. The van der Waals surface area contributed by atoms with Crippen LogP contribution < -0.4 is 4.90 Å². The van der Waals surface area contributed by atoms with Crippen LogP contribution in [0.4, 0.5) is 17.1 Å². The summed E-state index contributed by atoms with van der Waals surface area (Å²) in [5.74, 6) is 0. The third-order valence-electron chi connectivity index (χ3n) is 8.77. The Bertz CT molecular complexity index is 2010. The van der Waals surface area contributed by atoms with Gasteiger partial charge in [-0.2, -0.15) is 0 Å². The molecule has 0 spiro atoms. The average molecular weight is 571 g/mol. The fraction of sp³-hybridized carbons (Fsp3) is 0.143. The Hall–Kier alpha value is -5.08. The Morgan fingerprint density at radius 2 is 0.864 bits per heavy atom. The van der Waals surface area contributed by atoms with Crippen LogP contribution in [0, 0.1) is 34.6 Å². The fourth-order valence-corrected chi connectivity index (χ4v) is 6.42. The zero-order valence-electron chi connectivity index (χ0n) is 26.2. The SMILES string of the molecule is Cc1ccc(N(c2ccc(C)cc2)c2ccc(Cc3ccc(-n4c5ccc(C)cc5c5cc(C)ccc54)c(C)c3)cc2)cc1. The molecule has 6 aromatic carbocycles. The summed E-state index contributed by atoms with van der Waals surface area (Å²) in [5, 5.41) is 2.63. The molecule has 0 radical (unpaired) electrons. The van der Waals surface area contributed by atoms with E-state index in [1.54, 1.807) is 0 Å². The summed E-state index contributed by atoms with van der Waals surface area (Å²) in [6, 6.07) is 47.1. The lowest BCUT2D eigenvalue weighted by Crippen LogP contribution is -2.10. The molecular formula is C42H38N2. The number of fused-ring (bicyclic) bond motifs is 3. The lowest BCUT2D eigenvalue weighted by molar-refractivity contribution is 1.12. The van der Waals surface area contributed by atoms with Crippen molar-refractivity contribution in [1.29, 1.82) is 0 Å². The number of aromatic nitrogens is 1. The van der Waals surface area contributed by atoms with Crippen LogP contribution in [0.5, 0.6) is 0 Å². The van der Waals surface area contributed by atoms with E-state index in [0.717, 1.165) is 23.5 Å². The predicted octanol–water partition coefficient (Wildman–Crippen LogP) is 11.4. The Balaban J connectivity index is 1.20. The maximum absolute atomic E-state index is 2.43. The van der Waals surface area contributed by atoms with Gasteiger partial charge in [-0.05, 0) is 124 Å². The standard InChI is InChI=1S/C42H38N2/c1-28-6-15-35(16-7-28)43(36-17-8-29(2)9-18-36)37-19-12-33(13-20-37)27-34-14-23-40(32(5)26-34)44-41-21-10-30(3)24-38(41)39-25-31(4)11-22-42(39)44/h6-26H,27H2,1-5H3. The van der Waals surface area contributed by atoms with Gasteiger partial charge < -0.3 is 9.47 Å². The number of nitrogens with zero attached hydrogens (tertiary/aromatic N) is 2. The number of benzene rings is 6. The molecule has 0 N–H and O–H groups in total. The minimum atomic E-state index is 0.891. The third-order valence-corrected chi connectivity index (χ3v) is 8.77. The molecule has 0 aliphatic heterocycles. The summed E-state index contributed by atoms with van der Waals surface area (Å²) in [6.45, 7) is 10.9. The quantitative estimate of drug-likeness (QED) is 0.193. The normalized spacial score (nSPS) is 11.4. The Morgan fingerprint density at radius 3 is 1.34 bits per heavy atom. The molecule has 216 valence electrons. The first-order valence-corrected chi connectivity index (χ1v) is 15.5. The van der Waals surface area contributed by atoms with Crippen molar-refractivity contribution in [3.05, 3.63) is 166 Å². The largest absolute Gasteiger partial charge is 0.311 e. The van der Waals surface area contributed by atoms with Gasteiger partial charge in [-0.15, -0.1) is 0 Å². The first kappa shape index (κ1) is 27.7. The molecule has 0 atom stereocenters. The minimum absolute atomic E-state index is 0.891. The number of hydrogen-bond donors (Lipinski definition) is 0. The molecule has 0 amide bonds. The summed E-state index contributed by atoms with van der Waals surface area (Å²) in [5.41, 5.74) is 16.2. The van der Waals surface area contributed by atoms with E-state index in [-0.39, 0.29) is 0 Å². The molecule has 2 nitrogen and oxygen atoms in total. The van der Waals surface area contributed by atoms with E-state index < -0.39 is 0 Å². The molecule has 0 saturated carbocycles. The van der Waals surface area contributed by atoms with Gasteiger partial charge >= 0.3 is 0 Å². The van der Waals surface area contributed by atoms with E-state index in [2.05, 4.69) is 171 Å². The molecule has 1 aromatic heterocycles. The lowest BCUT2D eigenvalue weighted by atomic mass is 10.0. The van der Waals surface area contributed by atoms with Gasteiger partial charge in [0.25, 0.3) is 0 Å². The molecule has 0 unspecified atom stereocenters. The van der Waals surface area contributed by atoms with Gasteiger partial charge in [-0.3, -0.25) is 0 Å². The van der Waals surface area contributed by atoms with Crippen molar-refractivity contribution >= 4 is 38.9 Å². The van der Waals surface area contributed by atoms with Gasteiger partial charge in [0.05, 0.1) is 11.0 Å². The highest BCUT2D eigenvalue weighted by atomic mass is 15.1. The van der Waals surface area contributed by atoms with E-state index in [4.69, 9.17) is 0 Å². The summed E-state index contributed by atoms with van der Waals surface area (Å²) in [7, 11) is 0. The van der Waals surface area contributed by atoms with Crippen molar-refractivity contribution in [2.24, 2.45) is 0 Å². The summed E-state index contributed by atoms with van der Waals surface area (Å²) in [6.07, 6.45) is 0.891. The predicted molar refractivity (Wildman–Crippen MR) is 188 cm³/mol. The number of anilines is 3. The zero-order valence-corrected chi connectivity index (χ0v) is 26.2. The highest BCUT2D eigenvalue weighted by Crippen LogP contribution is 2.36. The average Bonchev–Trinajstić information content (AvgIpc) is 3.32. The van der Waals surface area contributed by atoms with Gasteiger partial charge in [0, 0.05) is 33.5 Å². The zero-order chi connectivity index (χ0) is 30.4. The molecule has 44 heavy (non-hydrogen) atoms. The maximum Gasteiger partial charge on any atom is 0.0541 e. The Labute approximate surface area is 260 Å². The smallest absolute Gasteiger partial charge is 0.0541 e. The van der Waals surface area contributed by atoms with Gasteiger partial charge in [0.15, 0.2) is 0 Å². The second-order valence-corrected chi connectivity index (χ2v) is 12.3. The Morgan fingerprint density at radius 1 is 0.432 bits per heavy atom. The van der Waals surface area contributed by atoms with Crippen LogP contribution in [-0.4, -0.2) is 4.57 Å². The fourth-order valence-electron chi connectivity index (χ4n) is 6.42. The maximum atomic E-state index is 2.43. The van der Waals surface area contributed by atoms with Crippen LogP contribution in [0.25, 0.3) is 27.5 Å². The van der Waals surface area contributed by atoms with E-state index in [1.165, 1.54) is 66.4 Å². The van der Waals surface area contributed by atoms with Crippen molar-refractivity contribution in [1.82, 2.24) is 4.57 Å². The van der Waals surface area contributed by atoms with Crippen LogP contribution in [0.15, 0.2) is 127 Å². The monoisotopic (exact) mass is 570 g/mol. The molecule has 7 aromatic rings. The Kier molecular flexibility index (Phi) is 7.06. The minimum Gasteiger partial charge on any atom is -0.311 e. The van der Waals surface area contributed by atoms with Gasteiger partial charge in [0.1, 0.15) is 0 Å². The first-order chi connectivity index (χ1) is 21.3. The molecule has 7 rings (SSSR count). The molecular weight excluding hydrogens is 532 g/mol. The highest BCUT2D eigenvalue weighted by Gasteiger charge is 2.15.